The fourth-order valence-corrected chi connectivity index (χ4v) is 3.27. The van der Waals surface area contributed by atoms with Crippen molar-refractivity contribution in [2.24, 2.45) is 0 Å². The standard InChI is InChI=1S/C23H34O8/c1-13(5-4-6-14(2)11-24)7-8-16-10-17(26)15(3)9-18(16)30-23-22(29)21(28)20(27)19(12-25)31-23/h6-7,9-10,19-29H,4-5,8,11-12H2,1-3H3/b13-7+,14-6-/t19-,20-,21+,22-,23-/m0/s1. The van der Waals surface area contributed by atoms with Crippen LogP contribution in [0.15, 0.2) is 35.4 Å². The Hall–Kier alpha value is -1.94. The molecule has 31 heavy (non-hydrogen) atoms. The van der Waals surface area contributed by atoms with E-state index < -0.39 is 37.3 Å². The third-order valence-corrected chi connectivity index (χ3v) is 5.42. The van der Waals surface area contributed by atoms with Crippen molar-refractivity contribution in [2.75, 3.05) is 13.2 Å². The zero-order valence-electron chi connectivity index (χ0n) is 18.2. The molecule has 0 saturated carbocycles. The molecule has 0 amide bonds. The van der Waals surface area contributed by atoms with Gasteiger partial charge in [-0.25, -0.2) is 0 Å². The highest BCUT2D eigenvalue weighted by Gasteiger charge is 2.44. The normalized spacial score (nSPS) is 27.4. The van der Waals surface area contributed by atoms with Gasteiger partial charge in [-0.05, 0) is 57.7 Å². The van der Waals surface area contributed by atoms with Crippen molar-refractivity contribution in [1.29, 1.82) is 0 Å². The summed E-state index contributed by atoms with van der Waals surface area (Å²) in [6.45, 7) is 5.07. The van der Waals surface area contributed by atoms with Crippen molar-refractivity contribution >= 4 is 0 Å². The van der Waals surface area contributed by atoms with Gasteiger partial charge in [-0.15, -0.1) is 0 Å². The summed E-state index contributed by atoms with van der Waals surface area (Å²) >= 11 is 0. The predicted octanol–water partition coefficient (Wildman–Crippen LogP) is 1.09. The first kappa shape index (κ1) is 25.3. The molecule has 6 N–H and O–H groups in total. The third-order valence-electron chi connectivity index (χ3n) is 5.42. The summed E-state index contributed by atoms with van der Waals surface area (Å²) in [5.74, 6) is 0.461. The fraction of sp³-hybridized carbons (Fsp3) is 0.565. The van der Waals surface area contributed by atoms with E-state index in [2.05, 4.69) is 0 Å². The molecule has 174 valence electrons. The Kier molecular flexibility index (Phi) is 9.49. The second-order valence-electron chi connectivity index (χ2n) is 8.06. The van der Waals surface area contributed by atoms with Crippen LogP contribution >= 0.6 is 0 Å². The summed E-state index contributed by atoms with van der Waals surface area (Å²) in [6.07, 6.45) is -0.800. The first-order valence-corrected chi connectivity index (χ1v) is 10.4. The van der Waals surface area contributed by atoms with Gasteiger partial charge in [0.25, 0.3) is 0 Å². The number of rotatable bonds is 9. The Balaban J connectivity index is 2.17. The molecule has 5 atom stereocenters. The summed E-state index contributed by atoms with van der Waals surface area (Å²) in [5.41, 5.74) is 3.27. The molecular weight excluding hydrogens is 404 g/mol. The van der Waals surface area contributed by atoms with E-state index in [4.69, 9.17) is 14.6 Å². The highest BCUT2D eigenvalue weighted by atomic mass is 16.7. The Morgan fingerprint density at radius 1 is 1.03 bits per heavy atom. The second-order valence-corrected chi connectivity index (χ2v) is 8.06. The summed E-state index contributed by atoms with van der Waals surface area (Å²) < 4.78 is 11.2. The molecule has 1 saturated heterocycles. The lowest BCUT2D eigenvalue weighted by Gasteiger charge is -2.39. The minimum absolute atomic E-state index is 0.0457. The van der Waals surface area contributed by atoms with Gasteiger partial charge < -0.3 is 40.1 Å². The zero-order chi connectivity index (χ0) is 23.1. The number of aryl methyl sites for hydroxylation is 1. The van der Waals surface area contributed by atoms with Crippen LogP contribution in [0.25, 0.3) is 0 Å². The number of phenolic OH excluding ortho intramolecular Hbond substituents is 1. The molecule has 1 aromatic carbocycles. The lowest BCUT2D eigenvalue weighted by molar-refractivity contribution is -0.277. The quantitative estimate of drug-likeness (QED) is 0.315. The van der Waals surface area contributed by atoms with Crippen molar-refractivity contribution in [3.05, 3.63) is 46.6 Å². The van der Waals surface area contributed by atoms with Crippen LogP contribution in [0.2, 0.25) is 0 Å². The monoisotopic (exact) mass is 438 g/mol. The number of allylic oxidation sites excluding steroid dienone is 3. The van der Waals surface area contributed by atoms with E-state index in [1.165, 1.54) is 0 Å². The van der Waals surface area contributed by atoms with E-state index in [1.807, 2.05) is 26.0 Å². The molecular formula is C23H34O8. The average Bonchev–Trinajstić information content (AvgIpc) is 2.75. The van der Waals surface area contributed by atoms with Gasteiger partial charge >= 0.3 is 0 Å². The van der Waals surface area contributed by atoms with Gasteiger partial charge in [-0.2, -0.15) is 0 Å². The predicted molar refractivity (Wildman–Crippen MR) is 115 cm³/mol. The molecule has 0 aliphatic carbocycles. The Morgan fingerprint density at radius 3 is 2.39 bits per heavy atom. The van der Waals surface area contributed by atoms with E-state index in [-0.39, 0.29) is 12.4 Å². The number of phenols is 1. The molecule has 0 spiro atoms. The van der Waals surface area contributed by atoms with E-state index in [0.29, 0.717) is 23.3 Å². The largest absolute Gasteiger partial charge is 0.508 e. The second kappa shape index (κ2) is 11.6. The van der Waals surface area contributed by atoms with Gasteiger partial charge in [0.2, 0.25) is 6.29 Å². The molecule has 1 aliphatic heterocycles. The maximum absolute atomic E-state index is 10.3. The lowest BCUT2D eigenvalue weighted by Crippen LogP contribution is -2.60. The molecule has 0 unspecified atom stereocenters. The van der Waals surface area contributed by atoms with Gasteiger partial charge in [0, 0.05) is 5.56 Å². The number of hydrogen-bond acceptors (Lipinski definition) is 8. The zero-order valence-corrected chi connectivity index (χ0v) is 18.2. The van der Waals surface area contributed by atoms with E-state index in [1.54, 1.807) is 19.1 Å². The number of hydrogen-bond donors (Lipinski definition) is 6. The van der Waals surface area contributed by atoms with Crippen LogP contribution in [-0.2, 0) is 11.2 Å². The van der Waals surface area contributed by atoms with Crippen LogP contribution in [-0.4, -0.2) is 74.6 Å². The summed E-state index contributed by atoms with van der Waals surface area (Å²) in [6, 6.07) is 3.19. The molecule has 1 fully saturated rings. The van der Waals surface area contributed by atoms with Gasteiger partial charge in [-0.1, -0.05) is 23.3 Å². The smallest absolute Gasteiger partial charge is 0.229 e. The Labute approximate surface area is 182 Å². The van der Waals surface area contributed by atoms with Gasteiger partial charge in [0.05, 0.1) is 13.2 Å². The van der Waals surface area contributed by atoms with Crippen molar-refractivity contribution < 1.29 is 40.1 Å². The number of benzene rings is 1. The fourth-order valence-electron chi connectivity index (χ4n) is 3.27. The van der Waals surface area contributed by atoms with Gasteiger partial charge in [0.15, 0.2) is 0 Å². The Bertz CT molecular complexity index is 786. The molecule has 1 aliphatic rings. The van der Waals surface area contributed by atoms with Gasteiger partial charge in [-0.3, -0.25) is 0 Å². The number of aromatic hydroxyl groups is 1. The van der Waals surface area contributed by atoms with E-state index in [9.17, 15) is 25.5 Å². The highest BCUT2D eigenvalue weighted by molar-refractivity contribution is 5.46. The summed E-state index contributed by atoms with van der Waals surface area (Å²) in [7, 11) is 0. The number of aliphatic hydroxyl groups is 5. The van der Waals surface area contributed by atoms with E-state index >= 15 is 0 Å². The Morgan fingerprint density at radius 2 is 1.74 bits per heavy atom. The summed E-state index contributed by atoms with van der Waals surface area (Å²) in [4.78, 5) is 0. The van der Waals surface area contributed by atoms with Gasteiger partial charge in [0.1, 0.15) is 35.9 Å². The van der Waals surface area contributed by atoms with Crippen molar-refractivity contribution in [2.45, 2.75) is 70.7 Å². The molecule has 0 aromatic heterocycles. The minimum Gasteiger partial charge on any atom is -0.508 e. The average molecular weight is 439 g/mol. The first-order chi connectivity index (χ1) is 14.7. The molecule has 8 nitrogen and oxygen atoms in total. The SMILES string of the molecule is C/C(=C/CC/C(C)=C/Cc1cc(O)c(C)cc1O[C@H]1O[C@@H](CO)[C@H](O)[C@@H](O)[C@@H]1O)CO. The van der Waals surface area contributed by atoms with Crippen molar-refractivity contribution in [1.82, 2.24) is 0 Å². The first-order valence-electron chi connectivity index (χ1n) is 10.4. The van der Waals surface area contributed by atoms with Crippen LogP contribution in [0.5, 0.6) is 11.5 Å². The maximum atomic E-state index is 10.3. The number of ether oxygens (including phenoxy) is 2. The van der Waals surface area contributed by atoms with Crippen molar-refractivity contribution in [3.8, 4) is 11.5 Å². The lowest BCUT2D eigenvalue weighted by atomic mass is 9.99. The molecule has 0 bridgehead atoms. The molecule has 0 radical (unpaired) electrons. The van der Waals surface area contributed by atoms with Crippen LogP contribution in [0.1, 0.15) is 37.8 Å². The number of aliphatic hydroxyl groups excluding tert-OH is 5. The maximum Gasteiger partial charge on any atom is 0.229 e. The van der Waals surface area contributed by atoms with Crippen molar-refractivity contribution in [3.63, 3.8) is 0 Å². The van der Waals surface area contributed by atoms with Crippen LogP contribution in [0.3, 0.4) is 0 Å². The topological polar surface area (TPSA) is 140 Å². The molecule has 1 aromatic rings. The highest BCUT2D eigenvalue weighted by Crippen LogP contribution is 2.32. The van der Waals surface area contributed by atoms with Crippen LogP contribution in [0, 0.1) is 6.92 Å². The summed E-state index contributed by atoms with van der Waals surface area (Å²) in [5, 5.41) is 58.7. The van der Waals surface area contributed by atoms with Crippen LogP contribution < -0.4 is 4.74 Å². The molecule has 2 rings (SSSR count). The third kappa shape index (κ3) is 6.77. The minimum atomic E-state index is -1.53. The molecule has 8 heteroatoms. The van der Waals surface area contributed by atoms with E-state index in [0.717, 1.165) is 24.0 Å². The van der Waals surface area contributed by atoms with Crippen LogP contribution in [0.4, 0.5) is 0 Å². The molecule has 1 heterocycles.